The molecule has 1 amide bonds. The number of ether oxygens (including phenoxy) is 2. The molecule has 8 heteroatoms. The molecule has 4 rings (SSSR count). The smallest absolute Gasteiger partial charge is 0.342 e. The van der Waals surface area contributed by atoms with Gasteiger partial charge in [-0.25, -0.2) is 9.48 Å². The number of benzene rings is 1. The van der Waals surface area contributed by atoms with Crippen molar-refractivity contribution in [2.45, 2.75) is 26.1 Å². The lowest BCUT2D eigenvalue weighted by Gasteiger charge is -2.35. The molecule has 0 spiro atoms. The Bertz CT molecular complexity index is 1010. The van der Waals surface area contributed by atoms with Gasteiger partial charge in [0.1, 0.15) is 11.3 Å². The summed E-state index contributed by atoms with van der Waals surface area (Å²) in [6, 6.07) is 13.4. The maximum Gasteiger partial charge on any atom is 0.342 e. The second-order valence-corrected chi connectivity index (χ2v) is 8.23. The first-order valence-corrected chi connectivity index (χ1v) is 10.7. The molecule has 3 heterocycles. The van der Waals surface area contributed by atoms with Crippen LogP contribution in [0.3, 0.4) is 0 Å². The Hall–Kier alpha value is -2.97. The van der Waals surface area contributed by atoms with Crippen molar-refractivity contribution >= 4 is 23.2 Å². The van der Waals surface area contributed by atoms with Gasteiger partial charge in [-0.3, -0.25) is 4.79 Å². The van der Waals surface area contributed by atoms with Gasteiger partial charge in [0.25, 0.3) is 5.91 Å². The van der Waals surface area contributed by atoms with Crippen LogP contribution in [-0.4, -0.2) is 58.5 Å². The lowest BCUT2D eigenvalue weighted by molar-refractivity contribution is -0.146. The number of carbonyl (C=O) groups excluding carboxylic acids is 2. The SMILES string of the molecule is C[C@@H]1CN(C(=O)COC(=O)c2cn(-c3ccccc3)nc2-c2cccs2)C[C@H](C)O1. The molecule has 1 fully saturated rings. The van der Waals surface area contributed by atoms with E-state index in [2.05, 4.69) is 5.10 Å². The molecule has 156 valence electrons. The Kier molecular flexibility index (Phi) is 5.96. The molecule has 30 heavy (non-hydrogen) atoms. The van der Waals surface area contributed by atoms with Crippen LogP contribution in [0.15, 0.2) is 54.0 Å². The van der Waals surface area contributed by atoms with E-state index < -0.39 is 5.97 Å². The van der Waals surface area contributed by atoms with Crippen LogP contribution in [0.25, 0.3) is 16.3 Å². The van der Waals surface area contributed by atoms with Gasteiger partial charge in [-0.2, -0.15) is 5.10 Å². The molecule has 1 aliphatic heterocycles. The first-order valence-electron chi connectivity index (χ1n) is 9.80. The number of morpholine rings is 1. The van der Waals surface area contributed by atoms with Crippen LogP contribution < -0.4 is 0 Å². The van der Waals surface area contributed by atoms with Crippen LogP contribution in [0.1, 0.15) is 24.2 Å². The lowest BCUT2D eigenvalue weighted by atomic mass is 10.2. The Morgan fingerprint density at radius 2 is 1.87 bits per heavy atom. The van der Waals surface area contributed by atoms with Gasteiger partial charge in [-0.05, 0) is 37.4 Å². The van der Waals surface area contributed by atoms with Gasteiger partial charge in [-0.15, -0.1) is 11.3 Å². The predicted molar refractivity (Wildman–Crippen MR) is 114 cm³/mol. The molecule has 1 aliphatic rings. The van der Waals surface area contributed by atoms with E-state index in [9.17, 15) is 9.59 Å². The minimum Gasteiger partial charge on any atom is -0.452 e. The molecule has 7 nitrogen and oxygen atoms in total. The predicted octanol–water partition coefficient (Wildman–Crippen LogP) is 3.39. The molecular weight excluding hydrogens is 402 g/mol. The summed E-state index contributed by atoms with van der Waals surface area (Å²) in [4.78, 5) is 27.9. The lowest BCUT2D eigenvalue weighted by Crippen LogP contribution is -2.49. The zero-order valence-corrected chi connectivity index (χ0v) is 17.7. The summed E-state index contributed by atoms with van der Waals surface area (Å²) in [5.41, 5.74) is 1.71. The van der Waals surface area contributed by atoms with E-state index in [-0.39, 0.29) is 24.7 Å². The van der Waals surface area contributed by atoms with Crippen LogP contribution in [-0.2, 0) is 14.3 Å². The van der Waals surface area contributed by atoms with Crippen LogP contribution in [0, 0.1) is 0 Å². The molecule has 2 aromatic heterocycles. The Labute approximate surface area is 178 Å². The molecule has 0 N–H and O–H groups in total. The van der Waals surface area contributed by atoms with Crippen LogP contribution >= 0.6 is 11.3 Å². The van der Waals surface area contributed by atoms with E-state index in [1.54, 1.807) is 15.8 Å². The van der Waals surface area contributed by atoms with E-state index in [0.717, 1.165) is 10.6 Å². The second kappa shape index (κ2) is 8.81. The van der Waals surface area contributed by atoms with Crippen LogP contribution in [0.4, 0.5) is 0 Å². The monoisotopic (exact) mass is 425 g/mol. The average Bonchev–Trinajstić information content (AvgIpc) is 3.41. The summed E-state index contributed by atoms with van der Waals surface area (Å²) in [6.07, 6.45) is 1.57. The number of carbonyl (C=O) groups is 2. The summed E-state index contributed by atoms with van der Waals surface area (Å²) in [6.45, 7) is 4.53. The van der Waals surface area contributed by atoms with Crippen LogP contribution in [0.2, 0.25) is 0 Å². The maximum absolute atomic E-state index is 12.9. The Morgan fingerprint density at radius 3 is 2.53 bits per heavy atom. The summed E-state index contributed by atoms with van der Waals surface area (Å²) in [5.74, 6) is -0.790. The van der Waals surface area contributed by atoms with Crippen molar-refractivity contribution in [3.63, 3.8) is 0 Å². The minimum absolute atomic E-state index is 0.0389. The fourth-order valence-electron chi connectivity index (χ4n) is 3.51. The van der Waals surface area contributed by atoms with E-state index >= 15 is 0 Å². The third kappa shape index (κ3) is 4.44. The number of nitrogens with zero attached hydrogens (tertiary/aromatic N) is 3. The van der Waals surface area contributed by atoms with Crippen molar-refractivity contribution in [1.82, 2.24) is 14.7 Å². The van der Waals surface area contributed by atoms with Gasteiger partial charge < -0.3 is 14.4 Å². The normalized spacial score (nSPS) is 18.9. The van der Waals surface area contributed by atoms with Gasteiger partial charge in [0, 0.05) is 19.3 Å². The highest BCUT2D eigenvalue weighted by atomic mass is 32.1. The zero-order valence-electron chi connectivity index (χ0n) is 16.9. The van der Waals surface area contributed by atoms with Gasteiger partial charge in [0.15, 0.2) is 6.61 Å². The van der Waals surface area contributed by atoms with E-state index in [0.29, 0.717) is 24.3 Å². The number of amides is 1. The van der Waals surface area contributed by atoms with Crippen molar-refractivity contribution in [2.75, 3.05) is 19.7 Å². The number of rotatable bonds is 5. The molecule has 1 aromatic carbocycles. The third-order valence-electron chi connectivity index (χ3n) is 4.81. The fourth-order valence-corrected chi connectivity index (χ4v) is 4.23. The Morgan fingerprint density at radius 1 is 1.13 bits per heavy atom. The molecule has 0 aliphatic carbocycles. The summed E-state index contributed by atoms with van der Waals surface area (Å²) >= 11 is 1.49. The number of aromatic nitrogens is 2. The molecular formula is C22H23N3O4S. The second-order valence-electron chi connectivity index (χ2n) is 7.28. The van der Waals surface area contributed by atoms with Crippen molar-refractivity contribution in [2.24, 2.45) is 0 Å². The maximum atomic E-state index is 12.9. The van der Waals surface area contributed by atoms with E-state index in [1.807, 2.05) is 61.7 Å². The third-order valence-corrected chi connectivity index (χ3v) is 5.69. The molecule has 1 saturated heterocycles. The Balaban J connectivity index is 1.52. The van der Waals surface area contributed by atoms with Crippen LogP contribution in [0.5, 0.6) is 0 Å². The van der Waals surface area contributed by atoms with E-state index in [4.69, 9.17) is 9.47 Å². The van der Waals surface area contributed by atoms with Crippen molar-refractivity contribution < 1.29 is 19.1 Å². The highest BCUT2D eigenvalue weighted by Gasteiger charge is 2.27. The molecule has 0 unspecified atom stereocenters. The highest BCUT2D eigenvalue weighted by Crippen LogP contribution is 2.28. The first kappa shape index (κ1) is 20.3. The summed E-state index contributed by atoms with van der Waals surface area (Å²) in [5, 5.41) is 6.52. The largest absolute Gasteiger partial charge is 0.452 e. The number of thiophene rings is 1. The molecule has 0 bridgehead atoms. The number of hydrogen-bond donors (Lipinski definition) is 0. The van der Waals surface area contributed by atoms with E-state index in [1.165, 1.54) is 11.3 Å². The molecule has 0 radical (unpaired) electrons. The van der Waals surface area contributed by atoms with Gasteiger partial charge >= 0.3 is 5.97 Å². The summed E-state index contributed by atoms with van der Waals surface area (Å²) < 4.78 is 12.7. The highest BCUT2D eigenvalue weighted by molar-refractivity contribution is 7.13. The van der Waals surface area contributed by atoms with Gasteiger partial charge in [0.2, 0.25) is 0 Å². The quantitative estimate of drug-likeness (QED) is 0.586. The van der Waals surface area contributed by atoms with Crippen molar-refractivity contribution in [3.8, 4) is 16.3 Å². The molecule has 0 saturated carbocycles. The number of para-hydroxylation sites is 1. The zero-order chi connectivity index (χ0) is 21.1. The fraction of sp³-hybridized carbons (Fsp3) is 0.318. The minimum atomic E-state index is -0.566. The van der Waals surface area contributed by atoms with Gasteiger partial charge in [0.05, 0.1) is 22.8 Å². The molecule has 3 aromatic rings. The van der Waals surface area contributed by atoms with Gasteiger partial charge in [-0.1, -0.05) is 24.3 Å². The number of hydrogen-bond acceptors (Lipinski definition) is 6. The van der Waals surface area contributed by atoms with Crippen molar-refractivity contribution in [3.05, 3.63) is 59.6 Å². The average molecular weight is 426 g/mol. The molecule has 2 atom stereocenters. The first-order chi connectivity index (χ1) is 14.5. The summed E-state index contributed by atoms with van der Waals surface area (Å²) in [7, 11) is 0. The topological polar surface area (TPSA) is 73.7 Å². The number of esters is 1. The standard InChI is InChI=1S/C22H23N3O4S/c1-15-11-24(12-16(2)29-15)20(26)14-28-22(27)18-13-25(17-7-4-3-5-8-17)23-21(18)19-9-6-10-30-19/h3-10,13,15-16H,11-12,14H2,1-2H3/t15-,16+. The van der Waals surface area contributed by atoms with Crippen molar-refractivity contribution in [1.29, 1.82) is 0 Å².